The second-order valence-corrected chi connectivity index (χ2v) is 6.60. The SMILES string of the molecule is CCNC(CCC1CCCCO1)Cc1ccc(Cl)cc1Cl. The number of halogens is 2. The fraction of sp³-hybridized carbons (Fsp3) is 0.647. The van der Waals surface area contributed by atoms with Crippen molar-refractivity contribution in [3.63, 3.8) is 0 Å². The maximum absolute atomic E-state index is 6.29. The van der Waals surface area contributed by atoms with Crippen molar-refractivity contribution in [3.05, 3.63) is 33.8 Å². The lowest BCUT2D eigenvalue weighted by Gasteiger charge is -2.25. The summed E-state index contributed by atoms with van der Waals surface area (Å²) in [6.45, 7) is 4.05. The number of hydrogen-bond acceptors (Lipinski definition) is 2. The van der Waals surface area contributed by atoms with Crippen LogP contribution in [0, 0.1) is 0 Å². The molecule has 1 heterocycles. The minimum absolute atomic E-state index is 0.444. The van der Waals surface area contributed by atoms with E-state index in [9.17, 15) is 0 Å². The van der Waals surface area contributed by atoms with Crippen molar-refractivity contribution in [2.24, 2.45) is 0 Å². The number of benzene rings is 1. The van der Waals surface area contributed by atoms with Crippen LogP contribution in [-0.2, 0) is 11.2 Å². The number of rotatable bonds is 7. The molecule has 1 fully saturated rings. The van der Waals surface area contributed by atoms with Gasteiger partial charge in [0, 0.05) is 22.7 Å². The van der Waals surface area contributed by atoms with E-state index in [1.54, 1.807) is 0 Å². The largest absolute Gasteiger partial charge is 0.378 e. The quantitative estimate of drug-likeness (QED) is 0.771. The molecule has 4 heteroatoms. The molecule has 0 aliphatic carbocycles. The predicted octanol–water partition coefficient (Wildman–Crippen LogP) is 4.86. The number of nitrogens with one attached hydrogen (secondary N) is 1. The first-order valence-electron chi connectivity index (χ1n) is 7.98. The van der Waals surface area contributed by atoms with Gasteiger partial charge in [-0.2, -0.15) is 0 Å². The van der Waals surface area contributed by atoms with Gasteiger partial charge in [-0.1, -0.05) is 36.2 Å². The van der Waals surface area contributed by atoms with Crippen LogP contribution in [0.5, 0.6) is 0 Å². The smallest absolute Gasteiger partial charge is 0.0575 e. The second-order valence-electron chi connectivity index (χ2n) is 5.76. The first kappa shape index (κ1) is 17.1. The second kappa shape index (κ2) is 8.99. The molecule has 1 saturated heterocycles. The van der Waals surface area contributed by atoms with E-state index in [1.807, 2.05) is 18.2 Å². The highest BCUT2D eigenvalue weighted by atomic mass is 35.5. The van der Waals surface area contributed by atoms with Crippen LogP contribution in [0.25, 0.3) is 0 Å². The van der Waals surface area contributed by atoms with E-state index in [-0.39, 0.29) is 0 Å². The van der Waals surface area contributed by atoms with Crippen LogP contribution >= 0.6 is 23.2 Å². The summed E-state index contributed by atoms with van der Waals surface area (Å²) in [6, 6.07) is 6.22. The Balaban J connectivity index is 1.88. The maximum atomic E-state index is 6.29. The van der Waals surface area contributed by atoms with Crippen molar-refractivity contribution in [1.82, 2.24) is 5.32 Å². The number of hydrogen-bond donors (Lipinski definition) is 1. The Morgan fingerprint density at radius 3 is 2.86 bits per heavy atom. The Hall–Kier alpha value is -0.280. The van der Waals surface area contributed by atoms with Crippen molar-refractivity contribution >= 4 is 23.2 Å². The highest BCUT2D eigenvalue weighted by Gasteiger charge is 2.17. The summed E-state index contributed by atoms with van der Waals surface area (Å²) in [6.07, 6.45) is 7.37. The van der Waals surface area contributed by atoms with Crippen molar-refractivity contribution < 1.29 is 4.74 Å². The van der Waals surface area contributed by atoms with Crippen LogP contribution in [0.2, 0.25) is 10.0 Å². The summed E-state index contributed by atoms with van der Waals surface area (Å²) in [5.41, 5.74) is 1.16. The fourth-order valence-corrected chi connectivity index (χ4v) is 3.43. The molecule has 1 aromatic carbocycles. The van der Waals surface area contributed by atoms with E-state index in [0.717, 1.165) is 43.0 Å². The van der Waals surface area contributed by atoms with Gasteiger partial charge in [-0.05, 0) is 62.8 Å². The van der Waals surface area contributed by atoms with E-state index >= 15 is 0 Å². The van der Waals surface area contributed by atoms with Gasteiger partial charge in [0.05, 0.1) is 6.10 Å². The molecule has 2 nitrogen and oxygen atoms in total. The summed E-state index contributed by atoms with van der Waals surface area (Å²) in [5.74, 6) is 0. The maximum Gasteiger partial charge on any atom is 0.0575 e. The molecular weight excluding hydrogens is 305 g/mol. The molecule has 1 N–H and O–H groups in total. The zero-order valence-corrected chi connectivity index (χ0v) is 14.2. The Kier molecular flexibility index (Phi) is 7.31. The summed E-state index contributed by atoms with van der Waals surface area (Å²) in [5, 5.41) is 5.02. The molecular formula is C17H25Cl2NO. The van der Waals surface area contributed by atoms with Crippen LogP contribution in [0.15, 0.2) is 18.2 Å². The molecule has 0 bridgehead atoms. The van der Waals surface area contributed by atoms with Gasteiger partial charge in [-0.15, -0.1) is 0 Å². The van der Waals surface area contributed by atoms with Gasteiger partial charge in [0.1, 0.15) is 0 Å². The van der Waals surface area contributed by atoms with Gasteiger partial charge < -0.3 is 10.1 Å². The Morgan fingerprint density at radius 1 is 1.33 bits per heavy atom. The monoisotopic (exact) mass is 329 g/mol. The number of likely N-dealkylation sites (N-methyl/N-ethyl adjacent to an activating group) is 1. The lowest BCUT2D eigenvalue weighted by Crippen LogP contribution is -2.32. The average molecular weight is 330 g/mol. The molecule has 2 rings (SSSR count). The summed E-state index contributed by atoms with van der Waals surface area (Å²) >= 11 is 12.2. The highest BCUT2D eigenvalue weighted by Crippen LogP contribution is 2.24. The lowest BCUT2D eigenvalue weighted by molar-refractivity contribution is 0.00861. The molecule has 1 aliphatic rings. The van der Waals surface area contributed by atoms with Crippen LogP contribution in [0.3, 0.4) is 0 Å². The Bertz CT molecular complexity index is 433. The highest BCUT2D eigenvalue weighted by molar-refractivity contribution is 6.35. The molecule has 1 aliphatic heterocycles. The zero-order chi connectivity index (χ0) is 15.1. The zero-order valence-electron chi connectivity index (χ0n) is 12.7. The molecule has 0 spiro atoms. The van der Waals surface area contributed by atoms with Crippen molar-refractivity contribution in [2.45, 2.75) is 57.6 Å². The Morgan fingerprint density at radius 2 is 2.19 bits per heavy atom. The third-order valence-corrected chi connectivity index (χ3v) is 4.67. The molecule has 2 atom stereocenters. The Labute approximate surface area is 138 Å². The van der Waals surface area contributed by atoms with E-state index in [2.05, 4.69) is 12.2 Å². The van der Waals surface area contributed by atoms with Crippen LogP contribution in [-0.4, -0.2) is 25.3 Å². The first-order chi connectivity index (χ1) is 10.2. The molecule has 0 saturated carbocycles. The third-order valence-electron chi connectivity index (χ3n) is 4.09. The minimum Gasteiger partial charge on any atom is -0.378 e. The standard InChI is InChI=1S/C17H25Cl2NO/c1-2-20-15(8-9-16-5-3-4-10-21-16)11-13-6-7-14(18)12-17(13)19/h6-7,12,15-16,20H,2-5,8-11H2,1H3. The predicted molar refractivity (Wildman–Crippen MR) is 90.5 cm³/mol. The van der Waals surface area contributed by atoms with E-state index in [1.165, 1.54) is 19.3 Å². The van der Waals surface area contributed by atoms with Gasteiger partial charge in [0.15, 0.2) is 0 Å². The van der Waals surface area contributed by atoms with Gasteiger partial charge in [-0.25, -0.2) is 0 Å². The fourth-order valence-electron chi connectivity index (χ4n) is 2.94. The molecule has 0 radical (unpaired) electrons. The van der Waals surface area contributed by atoms with Crippen molar-refractivity contribution in [1.29, 1.82) is 0 Å². The average Bonchev–Trinajstić information content (AvgIpc) is 2.49. The van der Waals surface area contributed by atoms with Gasteiger partial charge in [-0.3, -0.25) is 0 Å². The van der Waals surface area contributed by atoms with E-state index < -0.39 is 0 Å². The molecule has 21 heavy (non-hydrogen) atoms. The van der Waals surface area contributed by atoms with Crippen LogP contribution in [0.1, 0.15) is 44.6 Å². The van der Waals surface area contributed by atoms with Crippen LogP contribution < -0.4 is 5.32 Å². The van der Waals surface area contributed by atoms with E-state index in [4.69, 9.17) is 27.9 Å². The van der Waals surface area contributed by atoms with E-state index in [0.29, 0.717) is 17.2 Å². The molecule has 0 aromatic heterocycles. The number of ether oxygens (including phenoxy) is 1. The van der Waals surface area contributed by atoms with Gasteiger partial charge in [0.2, 0.25) is 0 Å². The molecule has 0 amide bonds. The van der Waals surface area contributed by atoms with Crippen molar-refractivity contribution in [2.75, 3.05) is 13.2 Å². The summed E-state index contributed by atoms with van der Waals surface area (Å²) < 4.78 is 5.82. The molecule has 2 unspecified atom stereocenters. The first-order valence-corrected chi connectivity index (χ1v) is 8.73. The summed E-state index contributed by atoms with van der Waals surface area (Å²) in [7, 11) is 0. The lowest BCUT2D eigenvalue weighted by atomic mass is 9.97. The minimum atomic E-state index is 0.444. The van der Waals surface area contributed by atoms with Gasteiger partial charge >= 0.3 is 0 Å². The molecule has 1 aromatic rings. The summed E-state index contributed by atoms with van der Waals surface area (Å²) in [4.78, 5) is 0. The van der Waals surface area contributed by atoms with Gasteiger partial charge in [0.25, 0.3) is 0 Å². The molecule has 118 valence electrons. The van der Waals surface area contributed by atoms with Crippen LogP contribution in [0.4, 0.5) is 0 Å². The normalized spacial score (nSPS) is 20.4. The topological polar surface area (TPSA) is 21.3 Å². The van der Waals surface area contributed by atoms with Crippen molar-refractivity contribution in [3.8, 4) is 0 Å². The third kappa shape index (κ3) is 5.78.